The molecule has 0 amide bonds. The first-order valence-electron chi connectivity index (χ1n) is 9.10. The number of hydrogen-bond acceptors (Lipinski definition) is 4. The first-order valence-corrected chi connectivity index (χ1v) is 10.3. The van der Waals surface area contributed by atoms with Crippen LogP contribution in [0.15, 0.2) is 36.4 Å². The Morgan fingerprint density at radius 1 is 1.29 bits per heavy atom. The van der Waals surface area contributed by atoms with Crippen molar-refractivity contribution in [2.45, 2.75) is 33.7 Å². The quantitative estimate of drug-likeness (QED) is 0.366. The van der Waals surface area contributed by atoms with Gasteiger partial charge in [-0.05, 0) is 56.2 Å². The Bertz CT molecular complexity index is 1030. The average molecular weight is 415 g/mol. The minimum absolute atomic E-state index is 0.0207. The summed E-state index contributed by atoms with van der Waals surface area (Å²) in [5.41, 5.74) is 3.64. The average Bonchev–Trinajstić information content (AvgIpc) is 3.27. The number of rotatable bonds is 7. The Balaban J connectivity index is 1.83. The lowest BCUT2D eigenvalue weighted by Crippen LogP contribution is -2.06. The lowest BCUT2D eigenvalue weighted by Gasteiger charge is -2.11. The van der Waals surface area contributed by atoms with Crippen LogP contribution < -0.4 is 4.74 Å². The third-order valence-electron chi connectivity index (χ3n) is 4.60. The van der Waals surface area contributed by atoms with Gasteiger partial charge in [-0.2, -0.15) is 5.10 Å². The van der Waals surface area contributed by atoms with Crippen LogP contribution in [0.4, 0.5) is 0 Å². The van der Waals surface area contributed by atoms with Crippen molar-refractivity contribution in [3.8, 4) is 5.75 Å². The monoisotopic (exact) mass is 414 g/mol. The van der Waals surface area contributed by atoms with Crippen LogP contribution in [0.1, 0.15) is 44.0 Å². The number of aromatic nitrogens is 2. The highest BCUT2D eigenvalue weighted by Crippen LogP contribution is 2.25. The van der Waals surface area contributed by atoms with Crippen molar-refractivity contribution < 1.29 is 9.53 Å². The van der Waals surface area contributed by atoms with Crippen LogP contribution in [0, 0.1) is 13.8 Å². The number of carbonyl (C=O) groups is 1. The van der Waals surface area contributed by atoms with Crippen molar-refractivity contribution in [1.82, 2.24) is 9.78 Å². The molecule has 0 N–H and O–H groups in total. The molecule has 4 nitrogen and oxygen atoms in total. The Kier molecular flexibility index (Phi) is 6.37. The number of carbonyl (C=O) groups excluding carboxylic acids is 1. The van der Waals surface area contributed by atoms with Crippen molar-refractivity contribution >= 4 is 34.8 Å². The second-order valence-electron chi connectivity index (χ2n) is 6.53. The summed E-state index contributed by atoms with van der Waals surface area (Å²) in [6.45, 7) is 6.47. The van der Waals surface area contributed by atoms with Gasteiger partial charge in [0.25, 0.3) is 0 Å². The van der Waals surface area contributed by atoms with Gasteiger partial charge in [0.1, 0.15) is 5.75 Å². The Morgan fingerprint density at radius 2 is 2.07 bits per heavy atom. The van der Waals surface area contributed by atoms with Crippen LogP contribution in [-0.4, -0.2) is 22.7 Å². The summed E-state index contributed by atoms with van der Waals surface area (Å²) < 4.78 is 7.36. The maximum Gasteiger partial charge on any atom is 0.195 e. The lowest BCUT2D eigenvalue weighted by atomic mass is 10.1. The molecule has 0 aliphatic heterocycles. The summed E-state index contributed by atoms with van der Waals surface area (Å²) >= 11 is 7.81. The Labute approximate surface area is 174 Å². The molecule has 3 rings (SSSR count). The number of halogens is 1. The van der Waals surface area contributed by atoms with E-state index in [0.717, 1.165) is 39.6 Å². The van der Waals surface area contributed by atoms with Crippen molar-refractivity contribution in [1.29, 1.82) is 0 Å². The fourth-order valence-corrected chi connectivity index (χ4v) is 3.97. The highest BCUT2D eigenvalue weighted by atomic mass is 35.5. The van der Waals surface area contributed by atoms with Gasteiger partial charge in [-0.25, -0.2) is 0 Å². The van der Waals surface area contributed by atoms with E-state index in [-0.39, 0.29) is 5.78 Å². The third kappa shape index (κ3) is 4.37. The zero-order valence-electron chi connectivity index (χ0n) is 16.5. The molecule has 2 heterocycles. The van der Waals surface area contributed by atoms with Crippen LogP contribution in [-0.2, 0) is 13.0 Å². The van der Waals surface area contributed by atoms with E-state index in [1.54, 1.807) is 24.5 Å². The molecule has 0 saturated carbocycles. The van der Waals surface area contributed by atoms with Gasteiger partial charge < -0.3 is 4.74 Å². The molecule has 6 heteroatoms. The van der Waals surface area contributed by atoms with Crippen LogP contribution in [0.25, 0.3) is 6.08 Å². The van der Waals surface area contributed by atoms with Crippen LogP contribution in [0.5, 0.6) is 5.75 Å². The molecule has 0 bridgehead atoms. The molecule has 0 aliphatic carbocycles. The fourth-order valence-electron chi connectivity index (χ4n) is 2.97. The van der Waals surface area contributed by atoms with E-state index in [9.17, 15) is 4.79 Å². The van der Waals surface area contributed by atoms with E-state index in [2.05, 4.69) is 12.0 Å². The molecule has 0 fully saturated rings. The highest BCUT2D eigenvalue weighted by Gasteiger charge is 2.12. The first kappa shape index (κ1) is 20.4. The molecule has 0 saturated heterocycles. The molecule has 0 atom stereocenters. The van der Waals surface area contributed by atoms with Gasteiger partial charge in [0.15, 0.2) is 5.78 Å². The number of nitrogens with zero attached hydrogens (tertiary/aromatic N) is 2. The van der Waals surface area contributed by atoms with Gasteiger partial charge >= 0.3 is 0 Å². The summed E-state index contributed by atoms with van der Waals surface area (Å²) in [7, 11) is 1.65. The second kappa shape index (κ2) is 8.76. The minimum Gasteiger partial charge on any atom is -0.496 e. The predicted octanol–water partition coefficient (Wildman–Crippen LogP) is 5.73. The molecular formula is C22H23ClN2O2S. The SMILES string of the molecule is CCc1ccc(C(=O)/C=C/c2ccc(OC)c(Cn3nc(C)c(Cl)c3C)c2)s1. The van der Waals surface area contributed by atoms with Gasteiger partial charge in [-0.1, -0.05) is 30.7 Å². The Morgan fingerprint density at radius 3 is 2.68 bits per heavy atom. The number of allylic oxidation sites excluding steroid dienone is 1. The minimum atomic E-state index is 0.0207. The maximum atomic E-state index is 12.4. The van der Waals surface area contributed by atoms with Crippen LogP contribution in [0.2, 0.25) is 5.02 Å². The largest absolute Gasteiger partial charge is 0.496 e. The van der Waals surface area contributed by atoms with E-state index in [0.29, 0.717) is 11.6 Å². The van der Waals surface area contributed by atoms with E-state index in [1.165, 1.54) is 4.88 Å². The van der Waals surface area contributed by atoms with Gasteiger partial charge in [0.05, 0.1) is 34.9 Å². The van der Waals surface area contributed by atoms with Gasteiger partial charge in [-0.15, -0.1) is 11.3 Å². The zero-order chi connectivity index (χ0) is 20.3. The van der Waals surface area contributed by atoms with Gasteiger partial charge in [-0.3, -0.25) is 9.48 Å². The smallest absolute Gasteiger partial charge is 0.195 e. The van der Waals surface area contributed by atoms with E-state index in [4.69, 9.17) is 16.3 Å². The molecule has 146 valence electrons. The number of methoxy groups -OCH3 is 1. The number of ether oxygens (including phenoxy) is 1. The third-order valence-corrected chi connectivity index (χ3v) is 6.39. The van der Waals surface area contributed by atoms with E-state index < -0.39 is 0 Å². The summed E-state index contributed by atoms with van der Waals surface area (Å²) in [5.74, 6) is 0.797. The van der Waals surface area contributed by atoms with Gasteiger partial charge in [0, 0.05) is 10.4 Å². The molecular weight excluding hydrogens is 392 g/mol. The zero-order valence-corrected chi connectivity index (χ0v) is 18.0. The summed E-state index contributed by atoms with van der Waals surface area (Å²) in [5, 5.41) is 5.18. The Hall–Kier alpha value is -2.37. The summed E-state index contributed by atoms with van der Waals surface area (Å²) in [6.07, 6.45) is 4.40. The number of thiophene rings is 1. The number of hydrogen-bond donors (Lipinski definition) is 0. The van der Waals surface area contributed by atoms with Crippen molar-refractivity contribution in [2.24, 2.45) is 0 Å². The summed E-state index contributed by atoms with van der Waals surface area (Å²) in [6, 6.07) is 9.76. The summed E-state index contributed by atoms with van der Waals surface area (Å²) in [4.78, 5) is 14.4. The topological polar surface area (TPSA) is 44.1 Å². The standard InChI is InChI=1S/C22H23ClN2O2S/c1-5-18-8-11-21(28-18)19(26)9-6-16-7-10-20(27-4)17(12-16)13-25-15(3)22(23)14(2)24-25/h6-12H,5,13H2,1-4H3/b9-6+. The molecule has 0 unspecified atom stereocenters. The first-order chi connectivity index (χ1) is 13.4. The van der Waals surface area contributed by atoms with Crippen molar-refractivity contribution in [3.63, 3.8) is 0 Å². The van der Waals surface area contributed by atoms with E-state index in [1.807, 2.05) is 54.9 Å². The van der Waals surface area contributed by atoms with Crippen molar-refractivity contribution in [2.75, 3.05) is 7.11 Å². The fraction of sp³-hybridized carbons (Fsp3) is 0.273. The highest BCUT2D eigenvalue weighted by molar-refractivity contribution is 7.14. The molecule has 0 radical (unpaired) electrons. The molecule has 1 aromatic carbocycles. The molecule has 0 spiro atoms. The normalized spacial score (nSPS) is 11.3. The second-order valence-corrected chi connectivity index (χ2v) is 8.08. The molecule has 2 aromatic heterocycles. The van der Waals surface area contributed by atoms with Crippen LogP contribution >= 0.6 is 22.9 Å². The lowest BCUT2D eigenvalue weighted by molar-refractivity contribution is 0.105. The van der Waals surface area contributed by atoms with E-state index >= 15 is 0 Å². The number of aryl methyl sites for hydroxylation is 2. The predicted molar refractivity (Wildman–Crippen MR) is 116 cm³/mol. The number of ketones is 1. The molecule has 28 heavy (non-hydrogen) atoms. The van der Waals surface area contributed by atoms with Gasteiger partial charge in [0.2, 0.25) is 0 Å². The maximum absolute atomic E-state index is 12.4. The molecule has 0 aliphatic rings. The number of benzene rings is 1. The van der Waals surface area contributed by atoms with Crippen molar-refractivity contribution in [3.05, 3.63) is 73.7 Å². The van der Waals surface area contributed by atoms with Crippen LogP contribution in [0.3, 0.4) is 0 Å². The molecule has 3 aromatic rings.